The van der Waals surface area contributed by atoms with E-state index in [0.29, 0.717) is 33.4 Å². The second-order valence-corrected chi connectivity index (χ2v) is 10.9. The molecule has 0 saturated heterocycles. The molecule has 7 aromatic rings. The number of hydrogen-bond donors (Lipinski definition) is 0. The SMILES string of the molecule is [2H]C([2H])(c1ccc(-c2ccccn2)c2oc3c(-n4c5ccccc5c5ccccc54)c(C#N)ccc3c12)C(C)(C)C. The molecule has 0 saturated carbocycles. The van der Waals surface area contributed by atoms with Crippen LogP contribution in [0, 0.1) is 16.7 Å². The minimum absolute atomic E-state index is 0.475. The molecule has 4 nitrogen and oxygen atoms in total. The monoisotopic (exact) mass is 507 g/mol. The minimum Gasteiger partial charge on any atom is -0.453 e. The summed E-state index contributed by atoms with van der Waals surface area (Å²) >= 11 is 0. The van der Waals surface area contributed by atoms with E-state index < -0.39 is 11.8 Å². The van der Waals surface area contributed by atoms with E-state index in [-0.39, 0.29) is 0 Å². The predicted octanol–water partition coefficient (Wildman–Crippen LogP) is 9.21. The van der Waals surface area contributed by atoms with Gasteiger partial charge in [-0.15, -0.1) is 0 Å². The number of furan rings is 1. The molecule has 0 N–H and O–H groups in total. The van der Waals surface area contributed by atoms with Gasteiger partial charge in [0.1, 0.15) is 17.3 Å². The fourth-order valence-electron chi connectivity index (χ4n) is 5.64. The third kappa shape index (κ3) is 3.62. The smallest absolute Gasteiger partial charge is 0.160 e. The average Bonchev–Trinajstić information content (AvgIpc) is 3.52. The van der Waals surface area contributed by atoms with Crippen molar-refractivity contribution in [3.05, 3.63) is 108 Å². The van der Waals surface area contributed by atoms with Crippen molar-refractivity contribution in [2.45, 2.75) is 27.1 Å². The van der Waals surface area contributed by atoms with Crippen LogP contribution in [-0.4, -0.2) is 9.55 Å². The standard InChI is InChI=1S/C35H27N3O/c1-35(2,3)20-22-15-17-26(28-12-8-9-19-37-28)33-31(22)27-18-16-23(21-36)32(34(27)39-33)38-29-13-6-4-10-24(29)25-11-5-7-14-30(25)38/h4-19H,20H2,1-3H3/i20D2. The van der Waals surface area contributed by atoms with Crippen molar-refractivity contribution in [2.24, 2.45) is 5.41 Å². The number of para-hydroxylation sites is 2. The minimum atomic E-state index is -1.67. The third-order valence-electron chi connectivity index (χ3n) is 7.14. The highest BCUT2D eigenvalue weighted by Gasteiger charge is 2.25. The molecule has 0 bridgehead atoms. The maximum Gasteiger partial charge on any atom is 0.160 e. The maximum absolute atomic E-state index is 10.3. The van der Waals surface area contributed by atoms with Gasteiger partial charge in [-0.1, -0.05) is 69.3 Å². The quantitative estimate of drug-likeness (QED) is 0.239. The van der Waals surface area contributed by atoms with Gasteiger partial charge in [-0.2, -0.15) is 5.26 Å². The van der Waals surface area contributed by atoms with Crippen LogP contribution in [0.2, 0.25) is 0 Å². The van der Waals surface area contributed by atoms with Crippen molar-refractivity contribution in [1.82, 2.24) is 9.55 Å². The van der Waals surface area contributed by atoms with Crippen LogP contribution < -0.4 is 0 Å². The molecule has 4 aromatic carbocycles. The lowest BCUT2D eigenvalue weighted by atomic mass is 9.85. The molecule has 0 atom stereocenters. The fourth-order valence-corrected chi connectivity index (χ4v) is 5.64. The van der Waals surface area contributed by atoms with Crippen molar-refractivity contribution >= 4 is 43.7 Å². The van der Waals surface area contributed by atoms with Crippen LogP contribution in [0.25, 0.3) is 60.7 Å². The summed E-state index contributed by atoms with van der Waals surface area (Å²) in [7, 11) is 0. The Morgan fingerprint density at radius 2 is 1.51 bits per heavy atom. The molecule has 39 heavy (non-hydrogen) atoms. The largest absolute Gasteiger partial charge is 0.453 e. The van der Waals surface area contributed by atoms with E-state index in [1.54, 1.807) is 6.20 Å². The molecule has 4 heteroatoms. The van der Waals surface area contributed by atoms with Crippen LogP contribution in [0.4, 0.5) is 0 Å². The predicted molar refractivity (Wildman–Crippen MR) is 159 cm³/mol. The van der Waals surface area contributed by atoms with Crippen molar-refractivity contribution < 1.29 is 7.16 Å². The van der Waals surface area contributed by atoms with Gasteiger partial charge in [-0.25, -0.2) is 0 Å². The summed E-state index contributed by atoms with van der Waals surface area (Å²) < 4.78 is 27.4. The number of aromatic nitrogens is 2. The Kier molecular flexibility index (Phi) is 4.64. The highest BCUT2D eigenvalue weighted by Crippen LogP contribution is 2.43. The lowest BCUT2D eigenvalue weighted by Crippen LogP contribution is -2.09. The van der Waals surface area contributed by atoms with Gasteiger partial charge in [-0.3, -0.25) is 4.98 Å². The molecule has 0 radical (unpaired) electrons. The Labute approximate surface area is 229 Å². The number of nitriles is 1. The number of benzene rings is 4. The molecule has 3 aromatic heterocycles. The van der Waals surface area contributed by atoms with E-state index in [4.69, 9.17) is 4.42 Å². The molecule has 7 rings (SSSR count). The molecule has 0 aliphatic heterocycles. The number of pyridine rings is 1. The first-order chi connectivity index (χ1) is 19.7. The van der Waals surface area contributed by atoms with E-state index in [2.05, 4.69) is 39.9 Å². The molecular weight excluding hydrogens is 478 g/mol. The second-order valence-electron chi connectivity index (χ2n) is 10.9. The highest BCUT2D eigenvalue weighted by atomic mass is 16.3. The van der Waals surface area contributed by atoms with Gasteiger partial charge in [0.05, 0.1) is 22.3 Å². The first-order valence-electron chi connectivity index (χ1n) is 14.0. The van der Waals surface area contributed by atoms with Gasteiger partial charge in [-0.05, 0) is 59.8 Å². The summed E-state index contributed by atoms with van der Waals surface area (Å²) in [5.41, 5.74) is 5.53. The molecular formula is C35H27N3O. The normalized spacial score (nSPS) is 13.2. The second kappa shape index (κ2) is 8.58. The zero-order chi connectivity index (χ0) is 28.5. The van der Waals surface area contributed by atoms with Gasteiger partial charge in [0.25, 0.3) is 0 Å². The topological polar surface area (TPSA) is 54.8 Å². The lowest BCUT2D eigenvalue weighted by Gasteiger charge is -2.19. The Morgan fingerprint density at radius 1 is 0.821 bits per heavy atom. The van der Waals surface area contributed by atoms with Crippen LogP contribution in [0.15, 0.2) is 102 Å². The van der Waals surface area contributed by atoms with Gasteiger partial charge < -0.3 is 8.98 Å². The Bertz CT molecular complexity index is 2120. The summed E-state index contributed by atoms with van der Waals surface area (Å²) in [6.07, 6.45) is 0.0646. The summed E-state index contributed by atoms with van der Waals surface area (Å²) in [6.45, 7) is 5.72. The van der Waals surface area contributed by atoms with Crippen molar-refractivity contribution in [3.8, 4) is 23.0 Å². The summed E-state index contributed by atoms with van der Waals surface area (Å²) in [4.78, 5) is 4.59. The van der Waals surface area contributed by atoms with Crippen LogP contribution in [-0.2, 0) is 6.37 Å². The van der Waals surface area contributed by atoms with E-state index in [1.807, 2.05) is 87.5 Å². The van der Waals surface area contributed by atoms with Crippen LogP contribution in [0.5, 0.6) is 0 Å². The van der Waals surface area contributed by atoms with E-state index in [1.165, 1.54) is 0 Å². The molecule has 3 heterocycles. The molecule has 0 fully saturated rings. The number of nitrogens with zero attached hydrogens (tertiary/aromatic N) is 3. The number of hydrogen-bond acceptors (Lipinski definition) is 3. The molecule has 0 aliphatic carbocycles. The molecule has 0 amide bonds. The molecule has 188 valence electrons. The van der Waals surface area contributed by atoms with Crippen LogP contribution in [0.3, 0.4) is 0 Å². The summed E-state index contributed by atoms with van der Waals surface area (Å²) in [5, 5.41) is 14.0. The zero-order valence-corrected chi connectivity index (χ0v) is 22.0. The van der Waals surface area contributed by atoms with Gasteiger partial charge >= 0.3 is 0 Å². The van der Waals surface area contributed by atoms with Crippen molar-refractivity contribution in [1.29, 1.82) is 5.26 Å². The van der Waals surface area contributed by atoms with Crippen molar-refractivity contribution in [3.63, 3.8) is 0 Å². The fraction of sp³-hybridized carbons (Fsp3) is 0.143. The lowest BCUT2D eigenvalue weighted by molar-refractivity contribution is 0.412. The third-order valence-corrected chi connectivity index (χ3v) is 7.14. The number of rotatable bonds is 3. The summed E-state index contributed by atoms with van der Waals surface area (Å²) in [5.74, 6) is 0. The molecule has 0 unspecified atom stereocenters. The van der Waals surface area contributed by atoms with Crippen molar-refractivity contribution in [2.75, 3.05) is 0 Å². The first-order valence-corrected chi connectivity index (χ1v) is 13.0. The Morgan fingerprint density at radius 3 is 2.15 bits per heavy atom. The van der Waals surface area contributed by atoms with Gasteiger partial charge in [0, 0.05) is 36.0 Å². The van der Waals surface area contributed by atoms with Gasteiger partial charge in [0.15, 0.2) is 5.58 Å². The maximum atomic E-state index is 10.3. The average molecular weight is 508 g/mol. The Hall–Kier alpha value is -4.88. The molecule has 0 spiro atoms. The zero-order valence-electron chi connectivity index (χ0n) is 24.0. The van der Waals surface area contributed by atoms with E-state index in [9.17, 15) is 8.00 Å². The van der Waals surface area contributed by atoms with Crippen LogP contribution >= 0.6 is 0 Å². The van der Waals surface area contributed by atoms with E-state index in [0.717, 1.165) is 38.4 Å². The van der Waals surface area contributed by atoms with E-state index >= 15 is 0 Å². The molecule has 0 aliphatic rings. The van der Waals surface area contributed by atoms with Gasteiger partial charge in [0.2, 0.25) is 0 Å². The van der Waals surface area contributed by atoms with Crippen LogP contribution in [0.1, 0.15) is 34.6 Å². The summed E-state index contributed by atoms with van der Waals surface area (Å²) in [6, 6.07) is 31.9. The Balaban J connectivity index is 1.70. The highest BCUT2D eigenvalue weighted by molar-refractivity contribution is 6.15. The first kappa shape index (κ1) is 21.1. The number of fused-ring (bicyclic) bond motifs is 6.